The number of urea groups is 1. The van der Waals surface area contributed by atoms with Crippen LogP contribution in [0.1, 0.15) is 13.8 Å². The summed E-state index contributed by atoms with van der Waals surface area (Å²) in [7, 11) is 1.55. The second kappa shape index (κ2) is 8.77. The average Bonchev–Trinajstić information content (AvgIpc) is 2.22. The maximum Gasteiger partial charge on any atom is 0.341 e. The molecule has 2 N–H and O–H groups in total. The summed E-state index contributed by atoms with van der Waals surface area (Å²) < 4.78 is 4.89. The first-order valence-electron chi connectivity index (χ1n) is 5.34. The number of nitrogens with one attached hydrogen (secondary N) is 1. The van der Waals surface area contributed by atoms with E-state index in [9.17, 15) is 9.59 Å². The highest BCUT2D eigenvalue weighted by Gasteiger charge is 2.14. The first-order valence-corrected chi connectivity index (χ1v) is 5.34. The Morgan fingerprint density at radius 1 is 1.41 bits per heavy atom. The summed E-state index contributed by atoms with van der Waals surface area (Å²) in [4.78, 5) is 27.8. The van der Waals surface area contributed by atoms with Crippen molar-refractivity contribution in [3.8, 4) is 0 Å². The molecule has 0 aliphatic carbocycles. The highest BCUT2D eigenvalue weighted by molar-refractivity contribution is 5.73. The number of carbonyl (C=O) groups excluding carboxylic acids is 1. The molecule has 0 aliphatic rings. The highest BCUT2D eigenvalue weighted by atomic mass is 16.7. The molecule has 17 heavy (non-hydrogen) atoms. The van der Waals surface area contributed by atoms with Crippen molar-refractivity contribution in [3.05, 3.63) is 0 Å². The molecule has 0 radical (unpaired) electrons. The third kappa shape index (κ3) is 8.47. The number of carboxylic acid groups (broad SMARTS) is 1. The molecule has 0 aliphatic heterocycles. The molecule has 0 aromatic heterocycles. The molecule has 0 fully saturated rings. The van der Waals surface area contributed by atoms with Crippen molar-refractivity contribution in [2.75, 3.05) is 33.4 Å². The minimum absolute atomic E-state index is 0.303. The van der Waals surface area contributed by atoms with Gasteiger partial charge in [0.1, 0.15) is 0 Å². The van der Waals surface area contributed by atoms with Gasteiger partial charge in [0.05, 0.1) is 6.61 Å². The fourth-order valence-corrected chi connectivity index (χ4v) is 1.14. The molecular weight excluding hydrogens is 228 g/mol. The van der Waals surface area contributed by atoms with Crippen LogP contribution in [0.3, 0.4) is 0 Å². The molecule has 0 bridgehead atoms. The van der Waals surface area contributed by atoms with E-state index in [2.05, 4.69) is 10.3 Å². The van der Waals surface area contributed by atoms with E-state index in [-0.39, 0.29) is 0 Å². The van der Waals surface area contributed by atoms with E-state index in [1.54, 1.807) is 7.11 Å². The van der Waals surface area contributed by atoms with E-state index in [4.69, 9.17) is 9.84 Å². The van der Waals surface area contributed by atoms with Gasteiger partial charge in [-0.05, 0) is 5.92 Å². The lowest BCUT2D eigenvalue weighted by Crippen LogP contribution is -2.43. The smallest absolute Gasteiger partial charge is 0.341 e. The molecule has 0 atom stereocenters. The summed E-state index contributed by atoms with van der Waals surface area (Å²) in [5, 5.41) is 8.34. The van der Waals surface area contributed by atoms with Crippen molar-refractivity contribution >= 4 is 12.0 Å². The van der Waals surface area contributed by atoms with Crippen molar-refractivity contribution in [2.24, 2.45) is 5.92 Å². The van der Waals surface area contributed by atoms with Crippen LogP contribution in [-0.2, 0) is 14.4 Å². The van der Waals surface area contributed by atoms with Gasteiger partial charge in [0.15, 0.2) is 6.61 Å². The Morgan fingerprint density at radius 2 is 2.06 bits per heavy atom. The van der Waals surface area contributed by atoms with Gasteiger partial charge in [-0.15, -0.1) is 0 Å². The zero-order valence-corrected chi connectivity index (χ0v) is 10.4. The number of methoxy groups -OCH3 is 1. The van der Waals surface area contributed by atoms with Gasteiger partial charge in [-0.25, -0.2) is 15.1 Å². The second-order valence-corrected chi connectivity index (χ2v) is 3.92. The van der Waals surface area contributed by atoms with Gasteiger partial charge in [0.2, 0.25) is 0 Å². The lowest BCUT2D eigenvalue weighted by molar-refractivity contribution is -0.144. The van der Waals surface area contributed by atoms with Gasteiger partial charge in [0, 0.05) is 20.2 Å². The standard InChI is InChI=1S/C10H20N2O5/c1-8(2)6-12(4-5-16-3)10(15)11-17-7-9(13)14/h8H,4-7H2,1-3H3,(H,11,15)(H,13,14). The van der Waals surface area contributed by atoms with E-state index >= 15 is 0 Å². The predicted octanol–water partition coefficient (Wildman–Crippen LogP) is 0.317. The van der Waals surface area contributed by atoms with Gasteiger partial charge in [0.25, 0.3) is 0 Å². The van der Waals surface area contributed by atoms with Gasteiger partial charge in [-0.2, -0.15) is 0 Å². The largest absolute Gasteiger partial charge is 0.479 e. The minimum atomic E-state index is -1.14. The van der Waals surface area contributed by atoms with Crippen LogP contribution in [-0.4, -0.2) is 55.4 Å². The maximum atomic E-state index is 11.6. The molecule has 7 nitrogen and oxygen atoms in total. The molecule has 0 unspecified atom stereocenters. The molecule has 7 heteroatoms. The van der Waals surface area contributed by atoms with Crippen molar-refractivity contribution in [1.29, 1.82) is 0 Å². The molecule has 0 saturated heterocycles. The Morgan fingerprint density at radius 3 is 2.53 bits per heavy atom. The number of hydrogen-bond donors (Lipinski definition) is 2. The van der Waals surface area contributed by atoms with Crippen LogP contribution >= 0.6 is 0 Å². The summed E-state index contributed by atoms with van der Waals surface area (Å²) in [5.41, 5.74) is 2.08. The third-order valence-corrected chi connectivity index (χ3v) is 1.79. The third-order valence-electron chi connectivity index (χ3n) is 1.79. The highest BCUT2D eigenvalue weighted by Crippen LogP contribution is 1.99. The number of nitrogens with zero attached hydrogens (tertiary/aromatic N) is 1. The van der Waals surface area contributed by atoms with Gasteiger partial charge in [-0.3, -0.25) is 4.84 Å². The van der Waals surface area contributed by atoms with Gasteiger partial charge in [-0.1, -0.05) is 13.8 Å². The van der Waals surface area contributed by atoms with E-state index in [1.807, 2.05) is 13.8 Å². The summed E-state index contributed by atoms with van der Waals surface area (Å²) in [6.45, 7) is 4.78. The predicted molar refractivity (Wildman–Crippen MR) is 60.4 cm³/mol. The number of hydroxylamine groups is 1. The van der Waals surface area contributed by atoms with Crippen molar-refractivity contribution in [1.82, 2.24) is 10.4 Å². The fourth-order valence-electron chi connectivity index (χ4n) is 1.14. The first kappa shape index (κ1) is 15.7. The van der Waals surface area contributed by atoms with Gasteiger partial charge < -0.3 is 14.7 Å². The Hall–Kier alpha value is -1.34. The summed E-state index contributed by atoms with van der Waals surface area (Å²) in [5.74, 6) is -0.838. The number of hydrogen-bond acceptors (Lipinski definition) is 4. The Balaban J connectivity index is 4.07. The number of aliphatic carboxylic acids is 1. The molecule has 2 amide bonds. The normalized spacial score (nSPS) is 10.4. The van der Waals surface area contributed by atoms with Crippen LogP contribution in [0, 0.1) is 5.92 Å². The van der Waals surface area contributed by atoms with Crippen LogP contribution in [0.25, 0.3) is 0 Å². The van der Waals surface area contributed by atoms with E-state index in [0.29, 0.717) is 25.6 Å². The summed E-state index contributed by atoms with van der Waals surface area (Å²) in [6, 6.07) is -0.461. The molecule has 0 rings (SSSR count). The number of carbonyl (C=O) groups is 2. The molecule has 0 saturated carbocycles. The average molecular weight is 248 g/mol. The van der Waals surface area contributed by atoms with Crippen LogP contribution in [0.5, 0.6) is 0 Å². The van der Waals surface area contributed by atoms with Crippen LogP contribution in [0.15, 0.2) is 0 Å². The second-order valence-electron chi connectivity index (χ2n) is 3.92. The monoisotopic (exact) mass is 248 g/mol. The van der Waals surface area contributed by atoms with Crippen LogP contribution in [0.2, 0.25) is 0 Å². The first-order chi connectivity index (χ1) is 7.97. The quantitative estimate of drug-likeness (QED) is 0.604. The Bertz CT molecular complexity index is 245. The summed E-state index contributed by atoms with van der Waals surface area (Å²) >= 11 is 0. The molecule has 100 valence electrons. The lowest BCUT2D eigenvalue weighted by atomic mass is 10.2. The van der Waals surface area contributed by atoms with Crippen LogP contribution in [0.4, 0.5) is 4.79 Å². The molecular formula is C10H20N2O5. The Kier molecular flexibility index (Phi) is 8.08. The van der Waals surface area contributed by atoms with Crippen molar-refractivity contribution in [3.63, 3.8) is 0 Å². The Labute approximate surface area is 101 Å². The number of amides is 2. The maximum absolute atomic E-state index is 11.6. The molecule has 0 aromatic rings. The zero-order valence-electron chi connectivity index (χ0n) is 10.4. The zero-order chi connectivity index (χ0) is 13.3. The van der Waals surface area contributed by atoms with E-state index in [0.717, 1.165) is 0 Å². The number of rotatable bonds is 8. The number of ether oxygens (including phenoxy) is 1. The fraction of sp³-hybridized carbons (Fsp3) is 0.800. The van der Waals surface area contributed by atoms with Crippen molar-refractivity contribution < 1.29 is 24.3 Å². The SMILES string of the molecule is COCCN(CC(C)C)C(=O)NOCC(=O)O. The molecule has 0 spiro atoms. The van der Waals surface area contributed by atoms with E-state index < -0.39 is 18.6 Å². The molecule has 0 aromatic carbocycles. The van der Waals surface area contributed by atoms with Gasteiger partial charge >= 0.3 is 12.0 Å². The van der Waals surface area contributed by atoms with Crippen LogP contribution < -0.4 is 5.48 Å². The van der Waals surface area contributed by atoms with E-state index in [1.165, 1.54) is 4.90 Å². The topological polar surface area (TPSA) is 88.1 Å². The lowest BCUT2D eigenvalue weighted by Gasteiger charge is -2.23. The minimum Gasteiger partial charge on any atom is -0.479 e. The summed E-state index contributed by atoms with van der Waals surface area (Å²) in [6.07, 6.45) is 0. The molecule has 0 heterocycles. The van der Waals surface area contributed by atoms with Crippen molar-refractivity contribution in [2.45, 2.75) is 13.8 Å². The number of carboxylic acids is 1.